The van der Waals surface area contributed by atoms with E-state index in [1.807, 2.05) is 12.1 Å². The minimum absolute atomic E-state index is 0.0840. The van der Waals surface area contributed by atoms with Crippen LogP contribution in [-0.4, -0.2) is 73.1 Å². The van der Waals surface area contributed by atoms with Crippen LogP contribution in [0, 0.1) is 9.49 Å². The quantitative estimate of drug-likeness (QED) is 0.330. The average molecular weight is 698 g/mol. The average Bonchev–Trinajstić information content (AvgIpc) is 2.91. The van der Waals surface area contributed by atoms with Crippen LogP contribution in [-0.2, 0) is 21.2 Å². The highest BCUT2D eigenvalue weighted by atomic mass is 127. The van der Waals surface area contributed by atoms with Gasteiger partial charge in [0, 0.05) is 28.8 Å². The number of carbonyl (C=O) groups is 1. The standard InChI is InChI=1S/C31H44IN3O5S/c1-22(2)14-18-35(41(38,39)25-11-9-24(32)10-12-25)29-26-20-23(8-13-27(26)40-31(3,4)30(29)37)21-28(36)33-15-19-34-16-6-5-7-17-34/h8-13,20,22,29-30,37H,5-7,14-19,21H2,1-4H3,(H,33,36)/t29-,30+/m1/s1. The molecular formula is C31H44IN3O5S. The topological polar surface area (TPSA) is 99.2 Å². The fraction of sp³-hybridized carbons (Fsp3) is 0.581. The fourth-order valence-corrected chi connectivity index (χ4v) is 7.54. The SMILES string of the molecule is CC(C)CCN([C@@H]1c2cc(CC(=O)NCCN3CCCCC3)ccc2OC(C)(C)[C@H]1O)S(=O)(=O)c1ccc(I)cc1. The summed E-state index contributed by atoms with van der Waals surface area (Å²) in [5.74, 6) is 0.694. The Labute approximate surface area is 259 Å². The Morgan fingerprint density at radius 1 is 1.15 bits per heavy atom. The lowest BCUT2D eigenvalue weighted by molar-refractivity contribution is -0.120. The lowest BCUT2D eigenvalue weighted by Crippen LogP contribution is -2.55. The van der Waals surface area contributed by atoms with Gasteiger partial charge in [-0.1, -0.05) is 26.3 Å². The predicted molar refractivity (Wildman–Crippen MR) is 169 cm³/mol. The highest BCUT2D eigenvalue weighted by Gasteiger charge is 2.48. The van der Waals surface area contributed by atoms with Crippen LogP contribution in [0.3, 0.4) is 0 Å². The van der Waals surface area contributed by atoms with Gasteiger partial charge in [-0.05, 0) is 117 Å². The van der Waals surface area contributed by atoms with Crippen LogP contribution in [0.15, 0.2) is 47.4 Å². The van der Waals surface area contributed by atoms with Crippen molar-refractivity contribution in [3.05, 3.63) is 57.2 Å². The minimum Gasteiger partial charge on any atom is -0.485 e. The Morgan fingerprint density at radius 2 is 1.83 bits per heavy atom. The second-order valence-corrected chi connectivity index (χ2v) is 15.3. The fourth-order valence-electron chi connectivity index (χ4n) is 5.56. The monoisotopic (exact) mass is 697 g/mol. The molecule has 41 heavy (non-hydrogen) atoms. The number of piperidine rings is 1. The van der Waals surface area contributed by atoms with Gasteiger partial charge in [0.1, 0.15) is 17.5 Å². The summed E-state index contributed by atoms with van der Waals surface area (Å²) < 4.78 is 36.8. The summed E-state index contributed by atoms with van der Waals surface area (Å²) in [5.41, 5.74) is 0.298. The van der Waals surface area contributed by atoms with E-state index in [0.29, 0.717) is 24.3 Å². The second kappa shape index (κ2) is 13.7. The molecule has 0 spiro atoms. The van der Waals surface area contributed by atoms with Gasteiger partial charge >= 0.3 is 0 Å². The molecule has 2 aromatic rings. The second-order valence-electron chi connectivity index (χ2n) is 12.1. The first kappa shape index (κ1) is 32.2. The number of fused-ring (bicyclic) bond motifs is 1. The van der Waals surface area contributed by atoms with Crippen molar-refractivity contribution in [1.29, 1.82) is 0 Å². The molecule has 0 radical (unpaired) electrons. The van der Waals surface area contributed by atoms with E-state index in [1.54, 1.807) is 44.2 Å². The van der Waals surface area contributed by atoms with Gasteiger partial charge in [-0.2, -0.15) is 4.31 Å². The van der Waals surface area contributed by atoms with E-state index in [1.165, 1.54) is 23.6 Å². The molecule has 2 heterocycles. The van der Waals surface area contributed by atoms with E-state index in [2.05, 4.69) is 46.7 Å². The third kappa shape index (κ3) is 8.01. The van der Waals surface area contributed by atoms with Crippen molar-refractivity contribution in [2.75, 3.05) is 32.7 Å². The van der Waals surface area contributed by atoms with Crippen LogP contribution in [0.2, 0.25) is 0 Å². The summed E-state index contributed by atoms with van der Waals surface area (Å²) in [6.45, 7) is 11.5. The molecule has 2 aliphatic rings. The number of nitrogens with one attached hydrogen (secondary N) is 1. The molecule has 8 nitrogen and oxygen atoms in total. The Morgan fingerprint density at radius 3 is 2.49 bits per heavy atom. The minimum atomic E-state index is -3.97. The van der Waals surface area contributed by atoms with Gasteiger partial charge in [0.25, 0.3) is 0 Å². The van der Waals surface area contributed by atoms with Crippen LogP contribution in [0.5, 0.6) is 5.75 Å². The normalized spacial score (nSPS) is 21.0. The maximum absolute atomic E-state index is 14.1. The number of benzene rings is 2. The molecule has 0 bridgehead atoms. The smallest absolute Gasteiger partial charge is 0.243 e. The zero-order chi connectivity index (χ0) is 29.8. The lowest BCUT2D eigenvalue weighted by atomic mass is 9.85. The first-order chi connectivity index (χ1) is 19.4. The first-order valence-electron chi connectivity index (χ1n) is 14.6. The van der Waals surface area contributed by atoms with E-state index in [4.69, 9.17) is 4.74 Å². The molecular weight excluding hydrogens is 653 g/mol. The molecule has 1 fully saturated rings. The molecule has 2 N–H and O–H groups in total. The molecule has 226 valence electrons. The van der Waals surface area contributed by atoms with E-state index < -0.39 is 27.8 Å². The highest BCUT2D eigenvalue weighted by Crippen LogP contribution is 2.45. The van der Waals surface area contributed by atoms with E-state index in [9.17, 15) is 18.3 Å². The van der Waals surface area contributed by atoms with Crippen molar-refractivity contribution >= 4 is 38.5 Å². The van der Waals surface area contributed by atoms with Crippen LogP contribution < -0.4 is 10.1 Å². The molecule has 2 aliphatic heterocycles. The zero-order valence-corrected chi connectivity index (χ0v) is 27.6. The van der Waals surface area contributed by atoms with Crippen LogP contribution in [0.25, 0.3) is 0 Å². The number of amides is 1. The van der Waals surface area contributed by atoms with Gasteiger partial charge in [0.2, 0.25) is 15.9 Å². The number of halogens is 1. The highest BCUT2D eigenvalue weighted by molar-refractivity contribution is 14.1. The third-order valence-corrected chi connectivity index (χ3v) is 10.6. The number of likely N-dealkylation sites (tertiary alicyclic amines) is 1. The molecule has 2 atom stereocenters. The molecule has 0 unspecified atom stereocenters. The van der Waals surface area contributed by atoms with E-state index >= 15 is 0 Å². The Bertz CT molecular complexity index is 1290. The molecule has 10 heteroatoms. The van der Waals surface area contributed by atoms with Gasteiger partial charge in [0.05, 0.1) is 17.4 Å². The summed E-state index contributed by atoms with van der Waals surface area (Å²) in [6, 6.07) is 11.4. The molecule has 1 amide bonds. The summed E-state index contributed by atoms with van der Waals surface area (Å²) in [5, 5.41) is 14.7. The summed E-state index contributed by atoms with van der Waals surface area (Å²) in [6.07, 6.45) is 3.36. The van der Waals surface area contributed by atoms with Gasteiger partial charge in [-0.15, -0.1) is 0 Å². The Hall–Kier alpha value is -1.73. The number of sulfonamides is 1. The van der Waals surface area contributed by atoms with Crippen molar-refractivity contribution in [3.8, 4) is 5.75 Å². The van der Waals surface area contributed by atoms with Crippen LogP contribution in [0.4, 0.5) is 0 Å². The van der Waals surface area contributed by atoms with E-state index in [0.717, 1.165) is 28.8 Å². The van der Waals surface area contributed by atoms with Crippen molar-refractivity contribution in [1.82, 2.24) is 14.5 Å². The van der Waals surface area contributed by atoms with Crippen molar-refractivity contribution in [2.24, 2.45) is 5.92 Å². The van der Waals surface area contributed by atoms with Crippen LogP contribution >= 0.6 is 22.6 Å². The number of rotatable bonds is 11. The largest absolute Gasteiger partial charge is 0.485 e. The molecule has 0 aromatic heterocycles. The number of nitrogens with zero attached hydrogens (tertiary/aromatic N) is 2. The lowest BCUT2D eigenvalue weighted by Gasteiger charge is -2.46. The summed E-state index contributed by atoms with van der Waals surface area (Å²) in [4.78, 5) is 15.4. The number of hydrogen-bond donors (Lipinski definition) is 2. The maximum atomic E-state index is 14.1. The van der Waals surface area contributed by atoms with E-state index in [-0.39, 0.29) is 29.7 Å². The molecule has 2 aromatic carbocycles. The molecule has 1 saturated heterocycles. The summed E-state index contributed by atoms with van der Waals surface area (Å²) >= 11 is 2.15. The Kier molecular flexibility index (Phi) is 10.8. The molecule has 0 aliphatic carbocycles. The van der Waals surface area contributed by atoms with Gasteiger partial charge in [0.15, 0.2) is 0 Å². The number of hydrogen-bond acceptors (Lipinski definition) is 6. The third-order valence-electron chi connectivity index (χ3n) is 8.00. The van der Waals surface area contributed by atoms with Crippen molar-refractivity contribution in [3.63, 3.8) is 0 Å². The first-order valence-corrected chi connectivity index (χ1v) is 17.2. The number of aliphatic hydroxyl groups is 1. The number of ether oxygens (including phenoxy) is 1. The zero-order valence-electron chi connectivity index (χ0n) is 24.6. The van der Waals surface area contributed by atoms with Crippen LogP contribution in [0.1, 0.15) is 70.5 Å². The molecule has 0 saturated carbocycles. The van der Waals surface area contributed by atoms with Crippen molar-refractivity contribution < 1.29 is 23.1 Å². The Balaban J connectivity index is 1.62. The van der Waals surface area contributed by atoms with Crippen molar-refractivity contribution in [2.45, 2.75) is 82.4 Å². The van der Waals surface area contributed by atoms with Gasteiger partial charge in [-0.25, -0.2) is 8.42 Å². The maximum Gasteiger partial charge on any atom is 0.243 e. The number of carbonyl (C=O) groups excluding carboxylic acids is 1. The predicted octanol–water partition coefficient (Wildman–Crippen LogP) is 4.75. The number of aliphatic hydroxyl groups excluding tert-OH is 1. The molecule has 4 rings (SSSR count). The van der Waals surface area contributed by atoms with Gasteiger partial charge < -0.3 is 20.1 Å². The summed E-state index contributed by atoms with van der Waals surface area (Å²) in [7, 11) is -3.97. The van der Waals surface area contributed by atoms with Gasteiger partial charge in [-0.3, -0.25) is 4.79 Å².